The first kappa shape index (κ1) is 11.1. The summed E-state index contributed by atoms with van der Waals surface area (Å²) in [5.41, 5.74) is 0. The van der Waals surface area contributed by atoms with Gasteiger partial charge in [-0.05, 0) is 25.8 Å². The minimum Gasteiger partial charge on any atom is -0.301 e. The van der Waals surface area contributed by atoms with E-state index >= 15 is 0 Å². The summed E-state index contributed by atoms with van der Waals surface area (Å²) in [6.07, 6.45) is 4.27. The largest absolute Gasteiger partial charge is 0.301 e. The maximum absolute atomic E-state index is 11.6. The fourth-order valence-electron chi connectivity index (χ4n) is 2.80. The Labute approximate surface area is 92.4 Å². The fraction of sp³-hybridized carbons (Fsp3) is 0.917. The molecule has 0 bridgehead atoms. The van der Waals surface area contributed by atoms with Crippen molar-refractivity contribution in [3.8, 4) is 0 Å². The molecular formula is C12H22N2O. The summed E-state index contributed by atoms with van der Waals surface area (Å²) in [6, 6.07) is 0.272. The maximum Gasteiger partial charge on any atom is 0.149 e. The molecule has 2 fully saturated rings. The molecule has 1 atom stereocenters. The van der Waals surface area contributed by atoms with E-state index in [1.54, 1.807) is 0 Å². The highest BCUT2D eigenvalue weighted by Gasteiger charge is 2.31. The third kappa shape index (κ3) is 2.58. The molecule has 3 nitrogen and oxygen atoms in total. The van der Waals surface area contributed by atoms with Gasteiger partial charge in [0.05, 0.1) is 6.04 Å². The number of Topliss-reactive ketones (excluding diaryl/α,β-unsaturated/α-hetero) is 1. The van der Waals surface area contributed by atoms with Crippen LogP contribution in [0.2, 0.25) is 0 Å². The molecule has 1 saturated heterocycles. The van der Waals surface area contributed by atoms with Crippen molar-refractivity contribution < 1.29 is 4.79 Å². The average molecular weight is 210 g/mol. The monoisotopic (exact) mass is 210 g/mol. The molecule has 1 saturated carbocycles. The SMILES string of the molecule is CCCN1CCN(C2CCCC2=O)CC1. The Morgan fingerprint density at radius 2 is 2.00 bits per heavy atom. The molecule has 1 unspecified atom stereocenters. The molecule has 0 spiro atoms. The van der Waals surface area contributed by atoms with Crippen LogP contribution in [0.3, 0.4) is 0 Å². The highest BCUT2D eigenvalue weighted by atomic mass is 16.1. The van der Waals surface area contributed by atoms with Crippen LogP contribution >= 0.6 is 0 Å². The molecule has 1 aliphatic carbocycles. The van der Waals surface area contributed by atoms with Crippen molar-refractivity contribution in [2.45, 2.75) is 38.6 Å². The summed E-state index contributed by atoms with van der Waals surface area (Å²) in [5, 5.41) is 0. The topological polar surface area (TPSA) is 23.6 Å². The van der Waals surface area contributed by atoms with Gasteiger partial charge in [-0.15, -0.1) is 0 Å². The van der Waals surface area contributed by atoms with E-state index in [1.165, 1.54) is 13.0 Å². The van der Waals surface area contributed by atoms with Crippen LogP contribution in [0.1, 0.15) is 32.6 Å². The lowest BCUT2D eigenvalue weighted by atomic mass is 10.1. The number of nitrogens with zero attached hydrogens (tertiary/aromatic N) is 2. The van der Waals surface area contributed by atoms with E-state index in [1.807, 2.05) is 0 Å². The van der Waals surface area contributed by atoms with Crippen LogP contribution in [0.4, 0.5) is 0 Å². The molecule has 2 rings (SSSR count). The number of carbonyl (C=O) groups is 1. The van der Waals surface area contributed by atoms with Crippen LogP contribution in [0.5, 0.6) is 0 Å². The molecule has 15 heavy (non-hydrogen) atoms. The summed E-state index contributed by atoms with van der Waals surface area (Å²) in [5.74, 6) is 0.485. The summed E-state index contributed by atoms with van der Waals surface area (Å²) >= 11 is 0. The number of hydrogen-bond donors (Lipinski definition) is 0. The predicted molar refractivity (Wildman–Crippen MR) is 61.0 cm³/mol. The average Bonchev–Trinajstić information content (AvgIpc) is 2.66. The number of carbonyl (C=O) groups excluding carboxylic acids is 1. The van der Waals surface area contributed by atoms with Gasteiger partial charge in [-0.3, -0.25) is 9.69 Å². The Balaban J connectivity index is 1.80. The summed E-state index contributed by atoms with van der Waals surface area (Å²) < 4.78 is 0. The molecule has 3 heteroatoms. The van der Waals surface area contributed by atoms with Gasteiger partial charge < -0.3 is 4.90 Å². The molecule has 2 aliphatic rings. The molecule has 0 radical (unpaired) electrons. The lowest BCUT2D eigenvalue weighted by molar-refractivity contribution is -0.122. The molecule has 0 aromatic rings. The summed E-state index contributed by atoms with van der Waals surface area (Å²) in [4.78, 5) is 16.5. The minimum absolute atomic E-state index is 0.272. The maximum atomic E-state index is 11.6. The molecule has 0 aromatic carbocycles. The van der Waals surface area contributed by atoms with Crippen molar-refractivity contribution in [1.82, 2.24) is 9.80 Å². The zero-order valence-electron chi connectivity index (χ0n) is 9.74. The third-order valence-corrected chi connectivity index (χ3v) is 3.66. The normalized spacial score (nSPS) is 29.9. The van der Waals surface area contributed by atoms with Gasteiger partial charge in [0.1, 0.15) is 5.78 Å². The van der Waals surface area contributed by atoms with Crippen LogP contribution < -0.4 is 0 Å². The van der Waals surface area contributed by atoms with Crippen molar-refractivity contribution in [2.24, 2.45) is 0 Å². The van der Waals surface area contributed by atoms with Crippen molar-refractivity contribution in [3.63, 3.8) is 0 Å². The van der Waals surface area contributed by atoms with Crippen LogP contribution in [0.15, 0.2) is 0 Å². The molecule has 86 valence electrons. The van der Waals surface area contributed by atoms with Crippen LogP contribution in [0, 0.1) is 0 Å². The summed E-state index contributed by atoms with van der Waals surface area (Å²) in [7, 11) is 0. The Kier molecular flexibility index (Phi) is 3.76. The lowest BCUT2D eigenvalue weighted by Gasteiger charge is -2.37. The Morgan fingerprint density at radius 1 is 1.27 bits per heavy atom. The number of piperazine rings is 1. The van der Waals surface area contributed by atoms with E-state index in [0.29, 0.717) is 5.78 Å². The van der Waals surface area contributed by atoms with E-state index in [-0.39, 0.29) is 6.04 Å². The highest BCUT2D eigenvalue weighted by Crippen LogP contribution is 2.21. The van der Waals surface area contributed by atoms with E-state index in [9.17, 15) is 4.79 Å². The van der Waals surface area contributed by atoms with Gasteiger partial charge in [0.15, 0.2) is 0 Å². The number of ketones is 1. The second kappa shape index (κ2) is 5.08. The zero-order valence-corrected chi connectivity index (χ0v) is 9.74. The second-order valence-electron chi connectivity index (χ2n) is 4.75. The third-order valence-electron chi connectivity index (χ3n) is 3.66. The van der Waals surface area contributed by atoms with Gasteiger partial charge >= 0.3 is 0 Å². The van der Waals surface area contributed by atoms with Crippen LogP contribution in [-0.2, 0) is 4.79 Å². The van der Waals surface area contributed by atoms with Gasteiger partial charge in [-0.25, -0.2) is 0 Å². The molecule has 1 heterocycles. The van der Waals surface area contributed by atoms with E-state index in [2.05, 4.69) is 16.7 Å². The van der Waals surface area contributed by atoms with E-state index < -0.39 is 0 Å². The Bertz CT molecular complexity index is 222. The van der Waals surface area contributed by atoms with Gasteiger partial charge in [0, 0.05) is 32.6 Å². The smallest absolute Gasteiger partial charge is 0.149 e. The molecule has 0 amide bonds. The van der Waals surface area contributed by atoms with E-state index in [0.717, 1.165) is 45.4 Å². The van der Waals surface area contributed by atoms with Gasteiger partial charge in [0.25, 0.3) is 0 Å². The highest BCUT2D eigenvalue weighted by molar-refractivity contribution is 5.85. The van der Waals surface area contributed by atoms with Crippen molar-refractivity contribution >= 4 is 5.78 Å². The minimum atomic E-state index is 0.272. The fourth-order valence-corrected chi connectivity index (χ4v) is 2.80. The standard InChI is InChI=1S/C12H22N2O/c1-2-6-13-7-9-14(10-8-13)11-4-3-5-12(11)15/h11H,2-10H2,1H3. The second-order valence-corrected chi connectivity index (χ2v) is 4.75. The molecular weight excluding hydrogens is 188 g/mol. The van der Waals surface area contributed by atoms with E-state index in [4.69, 9.17) is 0 Å². The zero-order chi connectivity index (χ0) is 10.7. The van der Waals surface area contributed by atoms with Gasteiger partial charge in [0.2, 0.25) is 0 Å². The van der Waals surface area contributed by atoms with Crippen molar-refractivity contribution in [1.29, 1.82) is 0 Å². The molecule has 0 aromatic heterocycles. The number of rotatable bonds is 3. The quantitative estimate of drug-likeness (QED) is 0.698. The molecule has 0 N–H and O–H groups in total. The van der Waals surface area contributed by atoms with Crippen molar-refractivity contribution in [2.75, 3.05) is 32.7 Å². The number of hydrogen-bond acceptors (Lipinski definition) is 3. The Hall–Kier alpha value is -0.410. The van der Waals surface area contributed by atoms with Crippen LogP contribution in [0.25, 0.3) is 0 Å². The van der Waals surface area contributed by atoms with Crippen molar-refractivity contribution in [3.05, 3.63) is 0 Å². The van der Waals surface area contributed by atoms with Gasteiger partial charge in [-0.2, -0.15) is 0 Å². The first-order valence-corrected chi connectivity index (χ1v) is 6.30. The summed E-state index contributed by atoms with van der Waals surface area (Å²) in [6.45, 7) is 7.93. The molecule has 1 aliphatic heterocycles. The lowest BCUT2D eigenvalue weighted by Crippen LogP contribution is -2.51. The first-order chi connectivity index (χ1) is 7.31. The van der Waals surface area contributed by atoms with Crippen LogP contribution in [-0.4, -0.2) is 54.3 Å². The first-order valence-electron chi connectivity index (χ1n) is 6.30. The Morgan fingerprint density at radius 3 is 2.53 bits per heavy atom. The predicted octanol–water partition coefficient (Wildman–Crippen LogP) is 1.14. The van der Waals surface area contributed by atoms with Gasteiger partial charge in [-0.1, -0.05) is 6.92 Å².